The van der Waals surface area contributed by atoms with Gasteiger partial charge in [-0.1, -0.05) is 37.7 Å². The SMILES string of the molecule is CCCc1ccc(OCCOc2cc(C(N)=S)ccc2OC)cc1. The molecule has 0 saturated heterocycles. The Hall–Kier alpha value is -2.27. The van der Waals surface area contributed by atoms with Crippen molar-refractivity contribution >= 4 is 17.2 Å². The van der Waals surface area contributed by atoms with Crippen LogP contribution in [0, 0.1) is 0 Å². The summed E-state index contributed by atoms with van der Waals surface area (Å²) in [6.07, 6.45) is 2.23. The number of nitrogens with two attached hydrogens (primary N) is 1. The molecule has 4 nitrogen and oxygen atoms in total. The molecule has 0 fully saturated rings. The molecule has 2 aromatic rings. The first kappa shape index (κ1) is 18.1. The molecule has 0 atom stereocenters. The number of thiocarbonyl (C=S) groups is 1. The van der Waals surface area contributed by atoms with Crippen LogP contribution in [0.4, 0.5) is 0 Å². The monoisotopic (exact) mass is 345 g/mol. The van der Waals surface area contributed by atoms with E-state index in [0.717, 1.165) is 24.2 Å². The van der Waals surface area contributed by atoms with Gasteiger partial charge in [-0.05, 0) is 42.3 Å². The van der Waals surface area contributed by atoms with Gasteiger partial charge in [0.1, 0.15) is 24.0 Å². The Kier molecular flexibility index (Phi) is 6.88. The lowest BCUT2D eigenvalue weighted by molar-refractivity contribution is 0.211. The Bertz CT molecular complexity index is 671. The zero-order valence-electron chi connectivity index (χ0n) is 14.1. The third-order valence-corrected chi connectivity index (χ3v) is 3.76. The number of rotatable bonds is 9. The quantitative estimate of drug-likeness (QED) is 0.554. The maximum absolute atomic E-state index is 5.74. The fraction of sp³-hybridized carbons (Fsp3) is 0.316. The minimum atomic E-state index is 0.325. The van der Waals surface area contributed by atoms with Gasteiger partial charge in [-0.15, -0.1) is 0 Å². The molecule has 5 heteroatoms. The maximum atomic E-state index is 5.74. The molecule has 0 saturated carbocycles. The van der Waals surface area contributed by atoms with Crippen molar-refractivity contribution in [2.45, 2.75) is 19.8 Å². The number of hydrogen-bond donors (Lipinski definition) is 1. The summed E-state index contributed by atoms with van der Waals surface area (Å²) in [5, 5.41) is 0. The molecule has 0 bridgehead atoms. The summed E-state index contributed by atoms with van der Waals surface area (Å²) >= 11 is 4.99. The lowest BCUT2D eigenvalue weighted by atomic mass is 10.1. The number of methoxy groups -OCH3 is 1. The minimum Gasteiger partial charge on any atom is -0.493 e. The van der Waals surface area contributed by atoms with Gasteiger partial charge in [0.15, 0.2) is 11.5 Å². The van der Waals surface area contributed by atoms with Gasteiger partial charge in [0, 0.05) is 5.56 Å². The van der Waals surface area contributed by atoms with Gasteiger partial charge in [0.25, 0.3) is 0 Å². The second-order valence-corrected chi connectivity index (χ2v) is 5.76. The Morgan fingerprint density at radius 1 is 1.00 bits per heavy atom. The largest absolute Gasteiger partial charge is 0.493 e. The molecule has 2 N–H and O–H groups in total. The lowest BCUT2D eigenvalue weighted by Gasteiger charge is -2.13. The van der Waals surface area contributed by atoms with Crippen LogP contribution in [0.3, 0.4) is 0 Å². The molecule has 2 aromatic carbocycles. The fourth-order valence-corrected chi connectivity index (χ4v) is 2.42. The van der Waals surface area contributed by atoms with Crippen LogP contribution in [0.15, 0.2) is 42.5 Å². The molecule has 0 aliphatic heterocycles. The van der Waals surface area contributed by atoms with Crippen molar-refractivity contribution in [1.29, 1.82) is 0 Å². The molecule has 0 radical (unpaired) electrons. The molecule has 0 aliphatic rings. The summed E-state index contributed by atoms with van der Waals surface area (Å²) < 4.78 is 16.7. The third-order valence-electron chi connectivity index (χ3n) is 3.52. The molecule has 0 aromatic heterocycles. The van der Waals surface area contributed by atoms with E-state index in [-0.39, 0.29) is 0 Å². The van der Waals surface area contributed by atoms with Gasteiger partial charge in [-0.3, -0.25) is 0 Å². The van der Waals surface area contributed by atoms with Crippen LogP contribution < -0.4 is 19.9 Å². The van der Waals surface area contributed by atoms with Crippen LogP contribution in [0.5, 0.6) is 17.2 Å². The van der Waals surface area contributed by atoms with E-state index >= 15 is 0 Å². The molecule has 0 spiro atoms. The topological polar surface area (TPSA) is 53.7 Å². The van der Waals surface area contributed by atoms with Crippen molar-refractivity contribution in [2.75, 3.05) is 20.3 Å². The zero-order valence-corrected chi connectivity index (χ0v) is 14.9. The van der Waals surface area contributed by atoms with Crippen molar-refractivity contribution in [1.82, 2.24) is 0 Å². The summed E-state index contributed by atoms with van der Waals surface area (Å²) in [5.74, 6) is 2.07. The minimum absolute atomic E-state index is 0.325. The molecule has 128 valence electrons. The van der Waals surface area contributed by atoms with Gasteiger partial charge >= 0.3 is 0 Å². The summed E-state index contributed by atoms with van der Waals surface area (Å²) in [5.41, 5.74) is 7.71. The Morgan fingerprint density at radius 2 is 1.71 bits per heavy atom. The number of ether oxygens (including phenoxy) is 3. The van der Waals surface area contributed by atoms with E-state index in [4.69, 9.17) is 32.2 Å². The Balaban J connectivity index is 1.87. The van der Waals surface area contributed by atoms with E-state index in [1.165, 1.54) is 5.56 Å². The van der Waals surface area contributed by atoms with Crippen molar-refractivity contribution in [3.8, 4) is 17.2 Å². The van der Waals surface area contributed by atoms with Gasteiger partial charge in [-0.25, -0.2) is 0 Å². The van der Waals surface area contributed by atoms with Gasteiger partial charge in [0.2, 0.25) is 0 Å². The summed E-state index contributed by atoms with van der Waals surface area (Å²) in [7, 11) is 1.59. The smallest absolute Gasteiger partial charge is 0.162 e. The van der Waals surface area contributed by atoms with E-state index in [2.05, 4.69) is 19.1 Å². The maximum Gasteiger partial charge on any atom is 0.162 e. The van der Waals surface area contributed by atoms with Crippen LogP contribution in [0.2, 0.25) is 0 Å². The Morgan fingerprint density at radius 3 is 2.33 bits per heavy atom. The van der Waals surface area contributed by atoms with Crippen LogP contribution in [0.1, 0.15) is 24.5 Å². The standard InChI is InChI=1S/C19H23NO3S/c1-3-4-14-5-8-16(9-6-14)22-11-12-23-18-13-15(19(20)24)7-10-17(18)21-2/h5-10,13H,3-4,11-12H2,1-2H3,(H2,20,24). The molecular weight excluding hydrogens is 322 g/mol. The first-order chi connectivity index (χ1) is 11.6. The highest BCUT2D eigenvalue weighted by atomic mass is 32.1. The number of benzene rings is 2. The number of hydrogen-bond acceptors (Lipinski definition) is 4. The van der Waals surface area contributed by atoms with E-state index in [9.17, 15) is 0 Å². The van der Waals surface area contributed by atoms with E-state index in [0.29, 0.717) is 29.7 Å². The molecule has 24 heavy (non-hydrogen) atoms. The summed E-state index contributed by atoms with van der Waals surface area (Å²) in [6, 6.07) is 13.5. The first-order valence-corrected chi connectivity index (χ1v) is 8.37. The molecule has 0 heterocycles. The summed E-state index contributed by atoms with van der Waals surface area (Å²) in [4.78, 5) is 0.325. The van der Waals surface area contributed by atoms with Crippen molar-refractivity contribution in [3.63, 3.8) is 0 Å². The molecule has 0 aliphatic carbocycles. The molecule has 2 rings (SSSR count). The second-order valence-electron chi connectivity index (χ2n) is 5.32. The van der Waals surface area contributed by atoms with E-state index in [1.54, 1.807) is 19.2 Å². The molecular formula is C19H23NO3S. The summed E-state index contributed by atoms with van der Waals surface area (Å²) in [6.45, 7) is 3.00. The molecule has 0 unspecified atom stereocenters. The second kappa shape index (κ2) is 9.13. The normalized spacial score (nSPS) is 10.2. The lowest BCUT2D eigenvalue weighted by Crippen LogP contribution is -2.12. The van der Waals surface area contributed by atoms with Gasteiger partial charge in [0.05, 0.1) is 7.11 Å². The third kappa shape index (κ3) is 5.13. The first-order valence-electron chi connectivity index (χ1n) is 7.96. The van der Waals surface area contributed by atoms with Crippen molar-refractivity contribution < 1.29 is 14.2 Å². The number of aryl methyl sites for hydroxylation is 1. The van der Waals surface area contributed by atoms with Crippen LogP contribution >= 0.6 is 12.2 Å². The fourth-order valence-electron chi connectivity index (χ4n) is 2.29. The van der Waals surface area contributed by atoms with Crippen LogP contribution in [-0.2, 0) is 6.42 Å². The van der Waals surface area contributed by atoms with Crippen LogP contribution in [-0.4, -0.2) is 25.3 Å². The highest BCUT2D eigenvalue weighted by Gasteiger charge is 2.07. The van der Waals surface area contributed by atoms with Crippen LogP contribution in [0.25, 0.3) is 0 Å². The van der Waals surface area contributed by atoms with E-state index < -0.39 is 0 Å². The van der Waals surface area contributed by atoms with Gasteiger partial charge in [-0.2, -0.15) is 0 Å². The highest BCUT2D eigenvalue weighted by molar-refractivity contribution is 7.80. The highest BCUT2D eigenvalue weighted by Crippen LogP contribution is 2.28. The van der Waals surface area contributed by atoms with Crippen molar-refractivity contribution in [2.24, 2.45) is 5.73 Å². The van der Waals surface area contributed by atoms with Crippen molar-refractivity contribution in [3.05, 3.63) is 53.6 Å². The van der Waals surface area contributed by atoms with Gasteiger partial charge < -0.3 is 19.9 Å². The van der Waals surface area contributed by atoms with E-state index in [1.807, 2.05) is 18.2 Å². The average molecular weight is 345 g/mol. The predicted molar refractivity (Wildman–Crippen MR) is 100 cm³/mol. The predicted octanol–water partition coefficient (Wildman–Crippen LogP) is 3.74. The zero-order chi connectivity index (χ0) is 17.4. The Labute approximate surface area is 148 Å². The molecule has 0 amide bonds. The average Bonchev–Trinajstić information content (AvgIpc) is 2.60.